The smallest absolute Gasteiger partial charge is 0.254 e. The van der Waals surface area contributed by atoms with E-state index in [2.05, 4.69) is 6.92 Å². The summed E-state index contributed by atoms with van der Waals surface area (Å²) < 4.78 is 11.6. The number of nitrogens with zero attached hydrogens (tertiary/aromatic N) is 1. The second kappa shape index (κ2) is 11.4. The normalized spacial score (nSPS) is 10.8. The summed E-state index contributed by atoms with van der Waals surface area (Å²) in [6.07, 6.45) is 1.97. The summed E-state index contributed by atoms with van der Waals surface area (Å²) in [5.41, 5.74) is 2.85. The van der Waals surface area contributed by atoms with Crippen LogP contribution in [-0.4, -0.2) is 24.5 Å². The Morgan fingerprint density at radius 1 is 0.824 bits per heavy atom. The molecule has 0 N–H and O–H groups in total. The molecule has 0 heterocycles. The lowest BCUT2D eigenvalue weighted by atomic mass is 10.0. The Morgan fingerprint density at radius 2 is 1.59 bits per heavy atom. The molecule has 0 saturated heterocycles. The number of fused-ring (bicyclic) bond motifs is 1. The van der Waals surface area contributed by atoms with Crippen LogP contribution in [0.15, 0.2) is 91.0 Å². The average molecular weight is 454 g/mol. The van der Waals surface area contributed by atoms with E-state index in [-0.39, 0.29) is 5.91 Å². The Hall–Kier alpha value is -3.79. The molecule has 0 aliphatic heterocycles. The van der Waals surface area contributed by atoms with Gasteiger partial charge in [-0.3, -0.25) is 4.79 Å². The van der Waals surface area contributed by atoms with Crippen molar-refractivity contribution in [2.45, 2.75) is 32.9 Å². The largest absolute Gasteiger partial charge is 0.493 e. The number of carbonyl (C=O) groups is 1. The molecule has 0 fully saturated rings. The number of benzene rings is 4. The topological polar surface area (TPSA) is 38.8 Å². The highest BCUT2D eigenvalue weighted by atomic mass is 16.5. The summed E-state index contributed by atoms with van der Waals surface area (Å²) in [6.45, 7) is 3.83. The van der Waals surface area contributed by atoms with Crippen LogP contribution in [0.25, 0.3) is 10.8 Å². The lowest BCUT2D eigenvalue weighted by molar-refractivity contribution is 0.0742. The molecule has 0 bridgehead atoms. The van der Waals surface area contributed by atoms with E-state index in [0.717, 1.165) is 40.3 Å². The highest BCUT2D eigenvalue weighted by Crippen LogP contribution is 2.30. The summed E-state index contributed by atoms with van der Waals surface area (Å²) in [7, 11) is 1.64. The molecule has 0 spiro atoms. The lowest BCUT2D eigenvalue weighted by Crippen LogP contribution is -2.31. The zero-order valence-electron chi connectivity index (χ0n) is 19.9. The Kier molecular flexibility index (Phi) is 7.82. The molecule has 0 aliphatic carbocycles. The fourth-order valence-electron chi connectivity index (χ4n) is 4.07. The first-order chi connectivity index (χ1) is 16.7. The van der Waals surface area contributed by atoms with Gasteiger partial charge in [-0.15, -0.1) is 0 Å². The van der Waals surface area contributed by atoms with E-state index in [1.165, 1.54) is 0 Å². The third-order valence-electron chi connectivity index (χ3n) is 5.93. The second-order valence-electron chi connectivity index (χ2n) is 8.37. The van der Waals surface area contributed by atoms with Crippen molar-refractivity contribution in [3.63, 3.8) is 0 Å². The summed E-state index contributed by atoms with van der Waals surface area (Å²) in [5, 5.41) is 2.06. The summed E-state index contributed by atoms with van der Waals surface area (Å²) >= 11 is 0. The van der Waals surface area contributed by atoms with Gasteiger partial charge >= 0.3 is 0 Å². The molecular formula is C30H31NO3. The molecule has 174 valence electrons. The van der Waals surface area contributed by atoms with Crippen molar-refractivity contribution < 1.29 is 14.3 Å². The Bertz CT molecular complexity index is 1230. The van der Waals surface area contributed by atoms with Gasteiger partial charge in [0.2, 0.25) is 0 Å². The molecule has 0 radical (unpaired) electrons. The first kappa shape index (κ1) is 23.4. The van der Waals surface area contributed by atoms with Crippen molar-refractivity contribution in [3.8, 4) is 11.5 Å². The summed E-state index contributed by atoms with van der Waals surface area (Å²) in [5.74, 6) is 1.41. The van der Waals surface area contributed by atoms with E-state index in [1.54, 1.807) is 7.11 Å². The minimum Gasteiger partial charge on any atom is -0.493 e. The van der Waals surface area contributed by atoms with E-state index in [0.29, 0.717) is 31.2 Å². The van der Waals surface area contributed by atoms with Crippen LogP contribution >= 0.6 is 0 Å². The van der Waals surface area contributed by atoms with Gasteiger partial charge in [-0.2, -0.15) is 0 Å². The van der Waals surface area contributed by atoms with Gasteiger partial charge in [0.1, 0.15) is 6.61 Å². The van der Waals surface area contributed by atoms with Crippen molar-refractivity contribution in [2.24, 2.45) is 0 Å². The fraction of sp³-hybridized carbons (Fsp3) is 0.233. The maximum atomic E-state index is 13.6. The van der Waals surface area contributed by atoms with Gasteiger partial charge in [-0.25, -0.2) is 0 Å². The van der Waals surface area contributed by atoms with Crippen LogP contribution in [0.3, 0.4) is 0 Å². The van der Waals surface area contributed by atoms with Crippen molar-refractivity contribution in [1.82, 2.24) is 4.90 Å². The highest BCUT2D eigenvalue weighted by molar-refractivity contribution is 6.07. The lowest BCUT2D eigenvalue weighted by Gasteiger charge is -2.24. The van der Waals surface area contributed by atoms with Gasteiger partial charge in [0, 0.05) is 18.7 Å². The second-order valence-corrected chi connectivity index (χ2v) is 8.37. The molecule has 4 rings (SSSR count). The van der Waals surface area contributed by atoms with Crippen LogP contribution in [0, 0.1) is 0 Å². The quantitative estimate of drug-likeness (QED) is 0.263. The van der Waals surface area contributed by atoms with Gasteiger partial charge in [0.15, 0.2) is 11.5 Å². The Morgan fingerprint density at radius 3 is 2.38 bits per heavy atom. The fourth-order valence-corrected chi connectivity index (χ4v) is 4.07. The van der Waals surface area contributed by atoms with E-state index >= 15 is 0 Å². The maximum Gasteiger partial charge on any atom is 0.254 e. The number of hydrogen-bond donors (Lipinski definition) is 0. The van der Waals surface area contributed by atoms with Gasteiger partial charge < -0.3 is 14.4 Å². The van der Waals surface area contributed by atoms with Crippen molar-refractivity contribution in [2.75, 3.05) is 13.7 Å². The van der Waals surface area contributed by atoms with Gasteiger partial charge in [0.25, 0.3) is 5.91 Å². The van der Waals surface area contributed by atoms with Crippen LogP contribution in [0.1, 0.15) is 41.3 Å². The third kappa shape index (κ3) is 5.57. The zero-order valence-corrected chi connectivity index (χ0v) is 19.9. The van der Waals surface area contributed by atoms with Gasteiger partial charge in [-0.05, 0) is 46.5 Å². The molecule has 0 aliphatic rings. The van der Waals surface area contributed by atoms with Crippen molar-refractivity contribution >= 4 is 16.7 Å². The Labute approximate surface area is 201 Å². The molecule has 34 heavy (non-hydrogen) atoms. The maximum absolute atomic E-state index is 13.6. The van der Waals surface area contributed by atoms with Crippen LogP contribution in [0.4, 0.5) is 0 Å². The number of amides is 1. The molecule has 4 aromatic rings. The van der Waals surface area contributed by atoms with Crippen LogP contribution < -0.4 is 9.47 Å². The van der Waals surface area contributed by atoms with E-state index in [9.17, 15) is 4.79 Å². The molecule has 4 nitrogen and oxygen atoms in total. The molecule has 1 amide bonds. The van der Waals surface area contributed by atoms with Crippen LogP contribution in [0.5, 0.6) is 11.5 Å². The van der Waals surface area contributed by atoms with Crippen LogP contribution in [0.2, 0.25) is 0 Å². The van der Waals surface area contributed by atoms with E-state index in [1.807, 2.05) is 95.9 Å². The summed E-state index contributed by atoms with van der Waals surface area (Å²) in [6, 6.07) is 29.9. The van der Waals surface area contributed by atoms with Crippen LogP contribution in [-0.2, 0) is 13.2 Å². The standard InChI is InChI=1S/C30H31NO3/c1-3-4-19-31(30(32)27-16-10-14-25-13-8-9-15-26(25)27)21-24-17-18-28(29(20-24)33-2)34-22-23-11-6-5-7-12-23/h5-18,20H,3-4,19,21-22H2,1-2H3. The monoisotopic (exact) mass is 453 g/mol. The zero-order chi connectivity index (χ0) is 23.8. The number of rotatable bonds is 10. The predicted octanol–water partition coefficient (Wildman–Crippen LogP) is 6.87. The Balaban J connectivity index is 1.55. The number of carbonyl (C=O) groups excluding carboxylic acids is 1. The predicted molar refractivity (Wildman–Crippen MR) is 137 cm³/mol. The molecule has 0 unspecified atom stereocenters. The number of unbranched alkanes of at least 4 members (excludes halogenated alkanes) is 1. The minimum atomic E-state index is 0.0496. The molecule has 4 heteroatoms. The van der Waals surface area contributed by atoms with Crippen molar-refractivity contribution in [3.05, 3.63) is 108 Å². The summed E-state index contributed by atoms with van der Waals surface area (Å²) in [4.78, 5) is 15.6. The number of methoxy groups -OCH3 is 1. The van der Waals surface area contributed by atoms with Gasteiger partial charge in [0.05, 0.1) is 7.11 Å². The first-order valence-electron chi connectivity index (χ1n) is 11.8. The van der Waals surface area contributed by atoms with Crippen molar-refractivity contribution in [1.29, 1.82) is 0 Å². The van der Waals surface area contributed by atoms with E-state index in [4.69, 9.17) is 9.47 Å². The molecule has 0 atom stereocenters. The molecule has 0 aromatic heterocycles. The molecule has 4 aromatic carbocycles. The third-order valence-corrected chi connectivity index (χ3v) is 5.93. The van der Waals surface area contributed by atoms with Gasteiger partial charge in [-0.1, -0.05) is 86.1 Å². The number of ether oxygens (including phenoxy) is 2. The highest BCUT2D eigenvalue weighted by Gasteiger charge is 2.19. The number of hydrogen-bond acceptors (Lipinski definition) is 3. The minimum absolute atomic E-state index is 0.0496. The average Bonchev–Trinajstić information content (AvgIpc) is 2.90. The SMILES string of the molecule is CCCCN(Cc1ccc(OCc2ccccc2)c(OC)c1)C(=O)c1cccc2ccccc12. The first-order valence-corrected chi connectivity index (χ1v) is 11.8. The molecule has 0 saturated carbocycles. The van der Waals surface area contributed by atoms with E-state index < -0.39 is 0 Å². The molecular weight excluding hydrogens is 422 g/mol.